The van der Waals surface area contributed by atoms with Crippen molar-refractivity contribution in [1.82, 2.24) is 9.21 Å². The molecule has 0 aromatic heterocycles. The summed E-state index contributed by atoms with van der Waals surface area (Å²) in [5.74, 6) is -1.82. The number of ether oxygens (including phenoxy) is 1. The van der Waals surface area contributed by atoms with E-state index < -0.39 is 50.9 Å². The first-order valence-corrected chi connectivity index (χ1v) is 14.1. The molecule has 1 N–H and O–H groups in total. The molecule has 2 amide bonds. The van der Waals surface area contributed by atoms with Crippen molar-refractivity contribution in [2.24, 2.45) is 0 Å². The van der Waals surface area contributed by atoms with E-state index in [1.807, 2.05) is 6.92 Å². The highest BCUT2D eigenvalue weighted by atomic mass is 32.2. The minimum atomic E-state index is -4.01. The van der Waals surface area contributed by atoms with E-state index >= 15 is 0 Å². The molecule has 1 aromatic rings. The van der Waals surface area contributed by atoms with Gasteiger partial charge in [0.2, 0.25) is 15.9 Å². The Balaban J connectivity index is 1.95. The summed E-state index contributed by atoms with van der Waals surface area (Å²) >= 11 is 0. The largest absolute Gasteiger partial charge is 0.455 e. The molecule has 1 unspecified atom stereocenters. The van der Waals surface area contributed by atoms with E-state index in [1.165, 1.54) is 43.1 Å². The molecule has 11 nitrogen and oxygen atoms in total. The van der Waals surface area contributed by atoms with Gasteiger partial charge in [0.15, 0.2) is 16.4 Å². The minimum Gasteiger partial charge on any atom is -0.455 e. The second kappa shape index (κ2) is 11.8. The number of likely N-dealkylation sites (N-methyl/N-ethyl adjacent to an activating group) is 1. The Morgan fingerprint density at radius 3 is 2.35 bits per heavy atom. The first kappa shape index (κ1) is 27.7. The second-order valence-corrected chi connectivity index (χ2v) is 12.4. The summed E-state index contributed by atoms with van der Waals surface area (Å²) in [6, 6.07) is 4.99. The predicted molar refractivity (Wildman–Crippen MR) is 125 cm³/mol. The number of benzene rings is 1. The topological polar surface area (TPSA) is 147 Å². The number of amides is 2. The van der Waals surface area contributed by atoms with Crippen molar-refractivity contribution in [2.45, 2.75) is 44.0 Å². The Hall–Kier alpha value is -2.51. The Labute approximate surface area is 200 Å². The molecule has 34 heavy (non-hydrogen) atoms. The monoisotopic (exact) mass is 517 g/mol. The van der Waals surface area contributed by atoms with Crippen LogP contribution >= 0.6 is 0 Å². The van der Waals surface area contributed by atoms with Gasteiger partial charge in [-0.3, -0.25) is 14.4 Å². The Kier molecular flexibility index (Phi) is 9.59. The molecule has 1 aliphatic rings. The number of hydrogen-bond donors (Lipinski definition) is 1. The van der Waals surface area contributed by atoms with Gasteiger partial charge in [-0.05, 0) is 37.1 Å². The van der Waals surface area contributed by atoms with Gasteiger partial charge >= 0.3 is 5.97 Å². The zero-order valence-electron chi connectivity index (χ0n) is 19.5. The van der Waals surface area contributed by atoms with Crippen molar-refractivity contribution in [1.29, 1.82) is 0 Å². The van der Waals surface area contributed by atoms with E-state index in [0.29, 0.717) is 25.1 Å². The molecule has 1 aromatic carbocycles. The van der Waals surface area contributed by atoms with E-state index in [2.05, 4.69) is 5.32 Å². The first-order chi connectivity index (χ1) is 15.9. The lowest BCUT2D eigenvalue weighted by atomic mass is 10.2. The summed E-state index contributed by atoms with van der Waals surface area (Å²) < 4.78 is 54.8. The second-order valence-electron chi connectivity index (χ2n) is 8.12. The summed E-state index contributed by atoms with van der Waals surface area (Å²) in [4.78, 5) is 37.3. The molecule has 0 radical (unpaired) electrons. The predicted octanol–water partition coefficient (Wildman–Crippen LogP) is 0.625. The average Bonchev–Trinajstić information content (AvgIpc) is 3.11. The quantitative estimate of drug-likeness (QED) is 0.420. The van der Waals surface area contributed by atoms with Gasteiger partial charge in [0.25, 0.3) is 5.91 Å². The molecule has 0 aliphatic carbocycles. The standard InChI is InChI=1S/C21H31N3O8S2/c1-4-5-11-24(18-10-12-33(28,29)15-18)20(26)14-32-21(27)13-23(3)34(30,31)19-8-6-17(7-9-19)22-16(2)25/h6-9,18H,4-5,10-15H2,1-3H3,(H,22,25). The normalized spacial score (nSPS) is 17.4. The van der Waals surface area contributed by atoms with E-state index in [0.717, 1.165) is 10.7 Å². The molecule has 0 bridgehead atoms. The van der Waals surface area contributed by atoms with Crippen LogP contribution in [0.4, 0.5) is 5.69 Å². The van der Waals surface area contributed by atoms with Crippen LogP contribution in [0.25, 0.3) is 0 Å². The average molecular weight is 518 g/mol. The van der Waals surface area contributed by atoms with Crippen molar-refractivity contribution in [2.75, 3.05) is 43.6 Å². The summed E-state index contributed by atoms with van der Waals surface area (Å²) in [5, 5.41) is 2.53. The van der Waals surface area contributed by atoms with Crippen molar-refractivity contribution in [3.8, 4) is 0 Å². The molecule has 1 saturated heterocycles. The third-order valence-electron chi connectivity index (χ3n) is 5.31. The molecule has 1 fully saturated rings. The molecular weight excluding hydrogens is 486 g/mol. The van der Waals surface area contributed by atoms with Gasteiger partial charge in [0.1, 0.15) is 6.54 Å². The lowest BCUT2D eigenvalue weighted by Crippen LogP contribution is -2.44. The fourth-order valence-corrected chi connectivity index (χ4v) is 6.34. The summed E-state index contributed by atoms with van der Waals surface area (Å²) in [7, 11) is -6.00. The number of anilines is 1. The maximum atomic E-state index is 12.7. The molecule has 1 atom stereocenters. The maximum Gasteiger partial charge on any atom is 0.321 e. The molecule has 190 valence electrons. The smallest absolute Gasteiger partial charge is 0.321 e. The third-order valence-corrected chi connectivity index (χ3v) is 8.88. The number of esters is 1. The number of carbonyl (C=O) groups is 3. The van der Waals surface area contributed by atoms with E-state index in [9.17, 15) is 31.2 Å². The zero-order chi connectivity index (χ0) is 25.5. The molecule has 1 aliphatic heterocycles. The summed E-state index contributed by atoms with van der Waals surface area (Å²) in [5.41, 5.74) is 0.426. The number of unbranched alkanes of at least 4 members (excludes halogenated alkanes) is 1. The Bertz CT molecular complexity index is 1100. The SMILES string of the molecule is CCCCN(C(=O)COC(=O)CN(C)S(=O)(=O)c1ccc(NC(C)=O)cc1)C1CCS(=O)(=O)C1. The Morgan fingerprint density at radius 2 is 1.82 bits per heavy atom. The lowest BCUT2D eigenvalue weighted by molar-refractivity contribution is -0.152. The lowest BCUT2D eigenvalue weighted by Gasteiger charge is -2.28. The van der Waals surface area contributed by atoms with Gasteiger partial charge in [0, 0.05) is 32.2 Å². The highest BCUT2D eigenvalue weighted by Crippen LogP contribution is 2.19. The highest BCUT2D eigenvalue weighted by Gasteiger charge is 2.34. The first-order valence-electron chi connectivity index (χ1n) is 10.8. The van der Waals surface area contributed by atoms with E-state index in [1.54, 1.807) is 0 Å². The molecule has 1 heterocycles. The summed E-state index contributed by atoms with van der Waals surface area (Å²) in [6.45, 7) is 2.41. The van der Waals surface area contributed by atoms with E-state index in [-0.39, 0.29) is 22.3 Å². The van der Waals surface area contributed by atoms with Crippen LogP contribution in [-0.4, -0.2) is 88.1 Å². The molecule has 13 heteroatoms. The van der Waals surface area contributed by atoms with Crippen LogP contribution in [0, 0.1) is 0 Å². The van der Waals surface area contributed by atoms with Crippen molar-refractivity contribution < 1.29 is 36.0 Å². The zero-order valence-corrected chi connectivity index (χ0v) is 21.2. The minimum absolute atomic E-state index is 0.0157. The van der Waals surface area contributed by atoms with Crippen LogP contribution in [0.15, 0.2) is 29.2 Å². The van der Waals surface area contributed by atoms with Gasteiger partial charge in [-0.15, -0.1) is 0 Å². The van der Waals surface area contributed by atoms with Crippen LogP contribution in [-0.2, 0) is 39.0 Å². The number of rotatable bonds is 11. The van der Waals surface area contributed by atoms with Crippen LogP contribution in [0.1, 0.15) is 33.1 Å². The van der Waals surface area contributed by atoms with Crippen LogP contribution < -0.4 is 5.32 Å². The van der Waals surface area contributed by atoms with Gasteiger partial charge in [-0.25, -0.2) is 16.8 Å². The van der Waals surface area contributed by atoms with Gasteiger partial charge in [-0.2, -0.15) is 4.31 Å². The maximum absolute atomic E-state index is 12.7. The Morgan fingerprint density at radius 1 is 1.18 bits per heavy atom. The van der Waals surface area contributed by atoms with Crippen LogP contribution in [0.5, 0.6) is 0 Å². The number of nitrogens with zero attached hydrogens (tertiary/aromatic N) is 2. The van der Waals surface area contributed by atoms with Crippen LogP contribution in [0.3, 0.4) is 0 Å². The van der Waals surface area contributed by atoms with Gasteiger partial charge in [0.05, 0.1) is 16.4 Å². The van der Waals surface area contributed by atoms with Crippen molar-refractivity contribution in [3.63, 3.8) is 0 Å². The molecule has 0 saturated carbocycles. The van der Waals surface area contributed by atoms with Crippen molar-refractivity contribution in [3.05, 3.63) is 24.3 Å². The van der Waals surface area contributed by atoms with Crippen molar-refractivity contribution >= 4 is 43.3 Å². The molecular formula is C21H31N3O8S2. The third kappa shape index (κ3) is 7.77. The number of sulfone groups is 1. The number of carbonyl (C=O) groups excluding carboxylic acids is 3. The fraction of sp³-hybridized carbons (Fsp3) is 0.571. The number of nitrogens with one attached hydrogen (secondary N) is 1. The molecule has 0 spiro atoms. The number of hydrogen-bond acceptors (Lipinski definition) is 8. The van der Waals surface area contributed by atoms with E-state index in [4.69, 9.17) is 4.74 Å². The van der Waals surface area contributed by atoms with Gasteiger partial charge in [-0.1, -0.05) is 13.3 Å². The molecule has 2 rings (SSSR count). The van der Waals surface area contributed by atoms with Gasteiger partial charge < -0.3 is 15.0 Å². The fourth-order valence-electron chi connectivity index (χ4n) is 3.49. The number of sulfonamides is 1. The summed E-state index contributed by atoms with van der Waals surface area (Å²) in [6.07, 6.45) is 1.82. The highest BCUT2D eigenvalue weighted by molar-refractivity contribution is 7.91. The van der Waals surface area contributed by atoms with Crippen LogP contribution in [0.2, 0.25) is 0 Å².